The van der Waals surface area contributed by atoms with E-state index in [4.69, 9.17) is 11.6 Å². The Hall–Kier alpha value is -1.28. The van der Waals surface area contributed by atoms with Crippen molar-refractivity contribution in [3.05, 3.63) is 41.2 Å². The van der Waals surface area contributed by atoms with Crippen molar-refractivity contribution in [2.24, 2.45) is 0 Å². The van der Waals surface area contributed by atoms with Gasteiger partial charge < -0.3 is 4.57 Å². The second kappa shape index (κ2) is 4.19. The summed E-state index contributed by atoms with van der Waals surface area (Å²) in [6, 6.07) is 10.8. The molecule has 3 heteroatoms. The molecule has 0 saturated heterocycles. The van der Waals surface area contributed by atoms with Gasteiger partial charge >= 0.3 is 0 Å². The molecular formula is C14H15ClN2. The number of imidazole rings is 1. The summed E-state index contributed by atoms with van der Waals surface area (Å²) in [5.74, 6) is 1.01. The van der Waals surface area contributed by atoms with E-state index in [-0.39, 0.29) is 0 Å². The van der Waals surface area contributed by atoms with Crippen molar-refractivity contribution in [2.45, 2.75) is 32.2 Å². The van der Waals surface area contributed by atoms with Crippen molar-refractivity contribution in [1.82, 2.24) is 9.55 Å². The third-order valence-corrected chi connectivity index (χ3v) is 3.77. The molecular weight excluding hydrogens is 232 g/mol. The summed E-state index contributed by atoms with van der Waals surface area (Å²) in [6.07, 6.45) is 3.46. The van der Waals surface area contributed by atoms with Crippen LogP contribution in [0.25, 0.3) is 11.4 Å². The Morgan fingerprint density at radius 2 is 2.06 bits per heavy atom. The second-order valence-electron chi connectivity index (χ2n) is 4.65. The summed E-state index contributed by atoms with van der Waals surface area (Å²) in [4.78, 5) is 4.54. The molecule has 2 heterocycles. The van der Waals surface area contributed by atoms with Crippen molar-refractivity contribution in [2.75, 3.05) is 0 Å². The van der Waals surface area contributed by atoms with Crippen LogP contribution in [0.5, 0.6) is 0 Å². The first-order valence-electron chi connectivity index (χ1n) is 6.09. The number of fused-ring (bicyclic) bond motifs is 1. The topological polar surface area (TPSA) is 17.8 Å². The van der Waals surface area contributed by atoms with Crippen LogP contribution in [-0.4, -0.2) is 9.55 Å². The summed E-state index contributed by atoms with van der Waals surface area (Å²) in [5, 5.41) is 0.676. The Kier molecular flexibility index (Phi) is 2.67. The summed E-state index contributed by atoms with van der Waals surface area (Å²) in [6.45, 7) is 2.24. The van der Waals surface area contributed by atoms with E-state index in [9.17, 15) is 0 Å². The molecule has 0 aliphatic carbocycles. The highest BCUT2D eigenvalue weighted by atomic mass is 35.5. The molecule has 1 atom stereocenters. The first-order valence-corrected chi connectivity index (χ1v) is 6.47. The lowest BCUT2D eigenvalue weighted by Crippen LogP contribution is -2.15. The van der Waals surface area contributed by atoms with Gasteiger partial charge in [-0.1, -0.05) is 41.9 Å². The highest BCUT2D eigenvalue weighted by molar-refractivity contribution is 6.30. The van der Waals surface area contributed by atoms with Gasteiger partial charge in [0.1, 0.15) is 5.82 Å². The van der Waals surface area contributed by atoms with Gasteiger partial charge in [0.25, 0.3) is 0 Å². The van der Waals surface area contributed by atoms with Gasteiger partial charge in [0.2, 0.25) is 0 Å². The Morgan fingerprint density at radius 3 is 2.82 bits per heavy atom. The highest BCUT2D eigenvalue weighted by Crippen LogP contribution is 2.34. The number of hydrogen-bond donors (Lipinski definition) is 0. The average Bonchev–Trinajstić information content (AvgIpc) is 2.70. The van der Waals surface area contributed by atoms with Crippen LogP contribution in [0, 0.1) is 0 Å². The second-order valence-corrected chi connectivity index (χ2v) is 5.01. The normalized spacial score (nSPS) is 19.1. The van der Waals surface area contributed by atoms with Crippen LogP contribution in [-0.2, 0) is 6.42 Å². The first-order chi connectivity index (χ1) is 8.27. The summed E-state index contributed by atoms with van der Waals surface area (Å²) in [5.41, 5.74) is 2.35. The van der Waals surface area contributed by atoms with Crippen molar-refractivity contribution < 1.29 is 0 Å². The number of benzene rings is 1. The first kappa shape index (κ1) is 10.8. The maximum Gasteiger partial charge on any atom is 0.150 e. The predicted octanol–water partition coefficient (Wildman–Crippen LogP) is 4.10. The number of aromatic nitrogens is 2. The minimum atomic E-state index is 0.494. The van der Waals surface area contributed by atoms with Gasteiger partial charge in [0.15, 0.2) is 5.15 Å². The zero-order valence-corrected chi connectivity index (χ0v) is 10.6. The lowest BCUT2D eigenvalue weighted by Gasteiger charge is -2.24. The van der Waals surface area contributed by atoms with Gasteiger partial charge in [-0.05, 0) is 26.2 Å². The molecule has 2 aromatic rings. The largest absolute Gasteiger partial charge is 0.324 e. The molecule has 0 radical (unpaired) electrons. The van der Waals surface area contributed by atoms with Crippen LogP contribution in [0.3, 0.4) is 0 Å². The van der Waals surface area contributed by atoms with E-state index in [1.807, 2.05) is 18.2 Å². The molecule has 1 aromatic carbocycles. The molecule has 1 aliphatic heterocycles. The number of nitrogens with zero attached hydrogens (tertiary/aromatic N) is 2. The molecule has 0 N–H and O–H groups in total. The van der Waals surface area contributed by atoms with Crippen molar-refractivity contribution in [3.8, 4) is 11.4 Å². The molecule has 0 spiro atoms. The smallest absolute Gasteiger partial charge is 0.150 e. The van der Waals surface area contributed by atoms with Crippen LogP contribution in [0.15, 0.2) is 30.3 Å². The highest BCUT2D eigenvalue weighted by Gasteiger charge is 2.23. The lowest BCUT2D eigenvalue weighted by atomic mass is 10.0. The fraction of sp³-hybridized carbons (Fsp3) is 0.357. The SMILES string of the molecule is CC1CCCc2c(Cl)nc(-c3ccccc3)n21. The van der Waals surface area contributed by atoms with Crippen LogP contribution < -0.4 is 0 Å². The predicted molar refractivity (Wildman–Crippen MR) is 70.3 cm³/mol. The van der Waals surface area contributed by atoms with Crippen LogP contribution in [0.4, 0.5) is 0 Å². The minimum Gasteiger partial charge on any atom is -0.324 e. The van der Waals surface area contributed by atoms with Crippen LogP contribution in [0.1, 0.15) is 31.5 Å². The van der Waals surface area contributed by atoms with Crippen LogP contribution in [0.2, 0.25) is 5.15 Å². The maximum absolute atomic E-state index is 6.25. The molecule has 2 nitrogen and oxygen atoms in total. The Morgan fingerprint density at radius 1 is 1.29 bits per heavy atom. The van der Waals surface area contributed by atoms with Crippen molar-refractivity contribution >= 4 is 11.6 Å². The molecule has 1 aliphatic rings. The molecule has 17 heavy (non-hydrogen) atoms. The maximum atomic E-state index is 6.25. The molecule has 3 rings (SSSR count). The van der Waals surface area contributed by atoms with E-state index < -0.39 is 0 Å². The third kappa shape index (κ3) is 1.77. The van der Waals surface area contributed by atoms with Crippen molar-refractivity contribution in [1.29, 1.82) is 0 Å². The minimum absolute atomic E-state index is 0.494. The molecule has 0 saturated carbocycles. The van der Waals surface area contributed by atoms with E-state index >= 15 is 0 Å². The van der Waals surface area contributed by atoms with Crippen molar-refractivity contribution in [3.63, 3.8) is 0 Å². The molecule has 0 amide bonds. The lowest BCUT2D eigenvalue weighted by molar-refractivity contribution is 0.436. The quantitative estimate of drug-likeness (QED) is 0.741. The third-order valence-electron chi connectivity index (χ3n) is 3.47. The molecule has 0 fully saturated rings. The zero-order chi connectivity index (χ0) is 11.8. The summed E-state index contributed by atoms with van der Waals surface area (Å²) >= 11 is 6.25. The number of hydrogen-bond acceptors (Lipinski definition) is 1. The van der Waals surface area contributed by atoms with Gasteiger partial charge in [0, 0.05) is 11.6 Å². The number of rotatable bonds is 1. The van der Waals surface area contributed by atoms with E-state index in [1.54, 1.807) is 0 Å². The van der Waals surface area contributed by atoms with Gasteiger partial charge in [-0.2, -0.15) is 0 Å². The molecule has 1 unspecified atom stereocenters. The molecule has 88 valence electrons. The van der Waals surface area contributed by atoms with Gasteiger partial charge in [-0.25, -0.2) is 4.98 Å². The monoisotopic (exact) mass is 246 g/mol. The zero-order valence-electron chi connectivity index (χ0n) is 9.86. The summed E-state index contributed by atoms with van der Waals surface area (Å²) in [7, 11) is 0. The Labute approximate surface area is 106 Å². The van der Waals surface area contributed by atoms with E-state index in [0.717, 1.165) is 17.8 Å². The molecule has 1 aromatic heterocycles. The Bertz CT molecular complexity index is 531. The van der Waals surface area contributed by atoms with Gasteiger partial charge in [-0.15, -0.1) is 0 Å². The van der Waals surface area contributed by atoms with E-state index in [0.29, 0.717) is 11.2 Å². The standard InChI is InChI=1S/C14H15ClN2/c1-10-6-5-9-12-13(15)16-14(17(10)12)11-7-3-2-4-8-11/h2-4,7-8,10H,5-6,9H2,1H3. The summed E-state index contributed by atoms with van der Waals surface area (Å²) < 4.78 is 2.31. The van der Waals surface area contributed by atoms with Crippen LogP contribution >= 0.6 is 11.6 Å². The van der Waals surface area contributed by atoms with E-state index in [1.165, 1.54) is 18.5 Å². The van der Waals surface area contributed by atoms with Gasteiger partial charge in [0.05, 0.1) is 5.69 Å². The Balaban J connectivity index is 2.18. The fourth-order valence-corrected chi connectivity index (χ4v) is 2.89. The molecule has 0 bridgehead atoms. The number of halogens is 1. The van der Waals surface area contributed by atoms with E-state index in [2.05, 4.69) is 28.6 Å². The average molecular weight is 247 g/mol. The fourth-order valence-electron chi connectivity index (χ4n) is 2.62. The van der Waals surface area contributed by atoms with Gasteiger partial charge in [-0.3, -0.25) is 0 Å².